The van der Waals surface area contributed by atoms with Crippen LogP contribution in [0.4, 0.5) is 5.13 Å². The van der Waals surface area contributed by atoms with E-state index in [2.05, 4.69) is 22.5 Å². The van der Waals surface area contributed by atoms with Gasteiger partial charge in [-0.15, -0.1) is 0 Å². The van der Waals surface area contributed by atoms with Gasteiger partial charge in [0.15, 0.2) is 5.13 Å². The molecule has 0 radical (unpaired) electrons. The SMILES string of the molecule is COc1ccc2nc(NC(=O)CC(N)=S)sc2c1. The fourth-order valence-corrected chi connectivity index (χ4v) is 2.45. The van der Waals surface area contributed by atoms with Crippen molar-refractivity contribution in [2.24, 2.45) is 5.73 Å². The highest BCUT2D eigenvalue weighted by Crippen LogP contribution is 2.29. The summed E-state index contributed by atoms with van der Waals surface area (Å²) in [5.41, 5.74) is 6.11. The molecule has 18 heavy (non-hydrogen) atoms. The summed E-state index contributed by atoms with van der Waals surface area (Å²) in [5.74, 6) is 0.501. The van der Waals surface area contributed by atoms with Gasteiger partial charge in [0.25, 0.3) is 0 Å². The van der Waals surface area contributed by atoms with E-state index in [-0.39, 0.29) is 17.3 Å². The molecule has 0 aliphatic rings. The fourth-order valence-electron chi connectivity index (χ4n) is 1.41. The van der Waals surface area contributed by atoms with Crippen LogP contribution in [0.3, 0.4) is 0 Å². The van der Waals surface area contributed by atoms with Crippen molar-refractivity contribution in [1.82, 2.24) is 4.98 Å². The molecule has 0 spiro atoms. The Hall–Kier alpha value is -1.73. The Labute approximate surface area is 113 Å². The first-order valence-electron chi connectivity index (χ1n) is 5.11. The first-order chi connectivity index (χ1) is 8.58. The third-order valence-electron chi connectivity index (χ3n) is 2.18. The number of methoxy groups -OCH3 is 1. The number of hydrogen-bond acceptors (Lipinski definition) is 5. The van der Waals surface area contributed by atoms with Crippen LogP contribution in [-0.4, -0.2) is 23.0 Å². The molecule has 7 heteroatoms. The topological polar surface area (TPSA) is 77.2 Å². The van der Waals surface area contributed by atoms with Crippen molar-refractivity contribution in [3.63, 3.8) is 0 Å². The van der Waals surface area contributed by atoms with Crippen molar-refractivity contribution >= 4 is 49.8 Å². The van der Waals surface area contributed by atoms with Gasteiger partial charge < -0.3 is 15.8 Å². The second-order valence-electron chi connectivity index (χ2n) is 3.54. The number of benzene rings is 1. The minimum Gasteiger partial charge on any atom is -0.497 e. The van der Waals surface area contributed by atoms with Crippen molar-refractivity contribution in [1.29, 1.82) is 0 Å². The molecule has 0 saturated carbocycles. The van der Waals surface area contributed by atoms with Crippen LogP contribution in [0.2, 0.25) is 0 Å². The van der Waals surface area contributed by atoms with Crippen molar-refractivity contribution in [2.75, 3.05) is 12.4 Å². The molecule has 0 bridgehead atoms. The molecule has 2 aromatic rings. The van der Waals surface area contributed by atoms with Gasteiger partial charge in [0.2, 0.25) is 5.91 Å². The van der Waals surface area contributed by atoms with Crippen LogP contribution in [0, 0.1) is 0 Å². The highest BCUT2D eigenvalue weighted by atomic mass is 32.1. The number of nitrogens with zero attached hydrogens (tertiary/aromatic N) is 1. The van der Waals surface area contributed by atoms with Gasteiger partial charge in [-0.2, -0.15) is 0 Å². The monoisotopic (exact) mass is 281 g/mol. The van der Waals surface area contributed by atoms with E-state index in [1.807, 2.05) is 18.2 Å². The van der Waals surface area contributed by atoms with Crippen LogP contribution in [-0.2, 0) is 4.79 Å². The Bertz CT molecular complexity index is 609. The second-order valence-corrected chi connectivity index (χ2v) is 5.10. The molecule has 1 aromatic carbocycles. The van der Waals surface area contributed by atoms with Gasteiger partial charge >= 0.3 is 0 Å². The highest BCUT2D eigenvalue weighted by molar-refractivity contribution is 7.80. The number of nitrogens with one attached hydrogen (secondary N) is 1. The van der Waals surface area contributed by atoms with Gasteiger partial charge in [-0.25, -0.2) is 4.98 Å². The number of thiocarbonyl (C=S) groups is 1. The van der Waals surface area contributed by atoms with Gasteiger partial charge in [-0.1, -0.05) is 23.6 Å². The van der Waals surface area contributed by atoms with Crippen LogP contribution < -0.4 is 15.8 Å². The van der Waals surface area contributed by atoms with Gasteiger partial charge in [0.1, 0.15) is 5.75 Å². The molecule has 0 unspecified atom stereocenters. The smallest absolute Gasteiger partial charge is 0.232 e. The Morgan fingerprint density at radius 3 is 3.06 bits per heavy atom. The van der Waals surface area contributed by atoms with Gasteiger partial charge in [-0.3, -0.25) is 4.79 Å². The van der Waals surface area contributed by atoms with Gasteiger partial charge in [0.05, 0.1) is 28.7 Å². The summed E-state index contributed by atoms with van der Waals surface area (Å²) in [6.07, 6.45) is 0.0224. The van der Waals surface area contributed by atoms with E-state index in [1.54, 1.807) is 7.11 Å². The molecule has 1 heterocycles. The number of nitrogens with two attached hydrogens (primary N) is 1. The summed E-state index contributed by atoms with van der Waals surface area (Å²) in [7, 11) is 1.60. The lowest BCUT2D eigenvalue weighted by atomic mass is 10.3. The fraction of sp³-hybridized carbons (Fsp3) is 0.182. The Kier molecular flexibility index (Phi) is 3.73. The molecule has 3 N–H and O–H groups in total. The molecule has 1 amide bonds. The Balaban J connectivity index is 2.19. The van der Waals surface area contributed by atoms with E-state index in [4.69, 9.17) is 10.5 Å². The molecule has 0 aliphatic heterocycles. The zero-order chi connectivity index (χ0) is 13.1. The minimum atomic E-state index is -0.256. The molecule has 0 atom stereocenters. The quantitative estimate of drug-likeness (QED) is 0.837. The predicted molar refractivity (Wildman–Crippen MR) is 76.2 cm³/mol. The number of anilines is 1. The number of amides is 1. The largest absolute Gasteiger partial charge is 0.497 e. The lowest BCUT2D eigenvalue weighted by Gasteiger charge is -1.98. The molecule has 2 rings (SSSR count). The van der Waals surface area contributed by atoms with Crippen molar-refractivity contribution < 1.29 is 9.53 Å². The molecule has 0 aliphatic carbocycles. The molecule has 0 saturated heterocycles. The maximum atomic E-state index is 11.5. The van der Waals surface area contributed by atoms with E-state index in [0.717, 1.165) is 16.0 Å². The minimum absolute atomic E-state index is 0.0224. The summed E-state index contributed by atoms with van der Waals surface area (Å²) >= 11 is 6.04. The molecule has 5 nitrogen and oxygen atoms in total. The Morgan fingerprint density at radius 2 is 2.39 bits per heavy atom. The van der Waals surface area contributed by atoms with Crippen LogP contribution in [0.1, 0.15) is 6.42 Å². The second kappa shape index (κ2) is 5.28. The van der Waals surface area contributed by atoms with Crippen LogP contribution in [0.5, 0.6) is 5.75 Å². The van der Waals surface area contributed by atoms with E-state index in [9.17, 15) is 4.79 Å². The first kappa shape index (κ1) is 12.7. The summed E-state index contributed by atoms with van der Waals surface area (Å²) < 4.78 is 6.07. The van der Waals surface area contributed by atoms with Crippen LogP contribution in [0.25, 0.3) is 10.2 Å². The average molecular weight is 281 g/mol. The lowest BCUT2D eigenvalue weighted by molar-refractivity contribution is -0.115. The molecule has 0 fully saturated rings. The summed E-state index contributed by atoms with van der Waals surface area (Å²) in [5, 5.41) is 3.19. The zero-order valence-electron chi connectivity index (χ0n) is 9.60. The number of aromatic nitrogens is 1. The maximum Gasteiger partial charge on any atom is 0.232 e. The lowest BCUT2D eigenvalue weighted by Crippen LogP contribution is -2.19. The standard InChI is InChI=1S/C11H11N3O2S2/c1-16-6-2-3-7-8(4-6)18-11(13-7)14-10(15)5-9(12)17/h2-4H,5H2,1H3,(H2,12,17)(H,13,14,15). The van der Waals surface area contributed by atoms with E-state index in [1.165, 1.54) is 11.3 Å². The highest BCUT2D eigenvalue weighted by Gasteiger charge is 2.09. The van der Waals surface area contributed by atoms with Crippen molar-refractivity contribution in [3.8, 4) is 5.75 Å². The van der Waals surface area contributed by atoms with E-state index in [0.29, 0.717) is 5.13 Å². The molecular weight excluding hydrogens is 270 g/mol. The Morgan fingerprint density at radius 1 is 1.61 bits per heavy atom. The van der Waals surface area contributed by atoms with Gasteiger partial charge in [-0.05, 0) is 18.2 Å². The normalized spacial score (nSPS) is 10.3. The number of carbonyl (C=O) groups excluding carboxylic acids is 1. The van der Waals surface area contributed by atoms with E-state index >= 15 is 0 Å². The molecule has 94 valence electrons. The summed E-state index contributed by atoms with van der Waals surface area (Å²) in [6.45, 7) is 0. The number of thiazole rings is 1. The zero-order valence-corrected chi connectivity index (χ0v) is 11.2. The molecular formula is C11H11N3O2S2. The maximum absolute atomic E-state index is 11.5. The number of carbonyl (C=O) groups is 1. The van der Waals surface area contributed by atoms with Crippen LogP contribution in [0.15, 0.2) is 18.2 Å². The third-order valence-corrected chi connectivity index (χ3v) is 3.25. The third kappa shape index (κ3) is 2.93. The average Bonchev–Trinajstić information content (AvgIpc) is 2.68. The molecule has 1 aromatic heterocycles. The number of fused-ring (bicyclic) bond motifs is 1. The first-order valence-corrected chi connectivity index (χ1v) is 6.33. The van der Waals surface area contributed by atoms with E-state index < -0.39 is 0 Å². The van der Waals surface area contributed by atoms with Crippen molar-refractivity contribution in [2.45, 2.75) is 6.42 Å². The van der Waals surface area contributed by atoms with Crippen molar-refractivity contribution in [3.05, 3.63) is 18.2 Å². The predicted octanol–water partition coefficient (Wildman–Crippen LogP) is 1.92. The summed E-state index contributed by atoms with van der Waals surface area (Å²) in [4.78, 5) is 15.9. The number of hydrogen-bond donors (Lipinski definition) is 2. The number of ether oxygens (including phenoxy) is 1. The van der Waals surface area contributed by atoms with Crippen LogP contribution >= 0.6 is 23.6 Å². The summed E-state index contributed by atoms with van der Waals surface area (Å²) in [6, 6.07) is 5.53. The number of rotatable bonds is 4. The van der Waals surface area contributed by atoms with Gasteiger partial charge in [0, 0.05) is 0 Å².